The molecule has 1 aromatic carbocycles. The van der Waals surface area contributed by atoms with E-state index in [-0.39, 0.29) is 10.8 Å². The fraction of sp³-hybridized carbons (Fsp3) is 0.429. The van der Waals surface area contributed by atoms with Crippen molar-refractivity contribution in [1.29, 1.82) is 0 Å². The molecule has 0 aliphatic carbocycles. The number of aromatic nitrogens is 4. The average molecular weight is 443 g/mol. The highest BCUT2D eigenvalue weighted by Crippen LogP contribution is 2.23. The molecule has 31 heavy (non-hydrogen) atoms. The molecule has 1 amide bonds. The van der Waals surface area contributed by atoms with Gasteiger partial charge >= 0.3 is 0 Å². The van der Waals surface area contributed by atoms with Crippen molar-refractivity contribution in [3.05, 3.63) is 48.3 Å². The maximum Gasteiger partial charge on any atom is 0.243 e. The molecule has 0 spiro atoms. The number of nitrogens with one attached hydrogen (secondary N) is 1. The number of pyridine rings is 1. The molecule has 164 valence electrons. The van der Waals surface area contributed by atoms with E-state index < -0.39 is 10.0 Å². The molecule has 10 heteroatoms. The number of sulfonamides is 1. The van der Waals surface area contributed by atoms with E-state index in [0.29, 0.717) is 44.5 Å². The van der Waals surface area contributed by atoms with Crippen LogP contribution in [0.25, 0.3) is 11.0 Å². The third-order valence-corrected chi connectivity index (χ3v) is 7.32. The van der Waals surface area contributed by atoms with Crippen LogP contribution in [0.1, 0.15) is 37.7 Å². The van der Waals surface area contributed by atoms with E-state index in [1.807, 2.05) is 12.1 Å². The van der Waals surface area contributed by atoms with Gasteiger partial charge in [0.2, 0.25) is 15.9 Å². The zero-order chi connectivity index (χ0) is 21.7. The molecular weight excluding hydrogens is 416 g/mol. The quantitative estimate of drug-likeness (QED) is 0.572. The molecular formula is C21H26N6O3S. The van der Waals surface area contributed by atoms with E-state index in [0.717, 1.165) is 30.3 Å². The van der Waals surface area contributed by atoms with Gasteiger partial charge in [-0.05, 0) is 49.1 Å². The Morgan fingerprint density at radius 3 is 2.74 bits per heavy atom. The molecule has 4 rings (SSSR count). The number of piperidine rings is 1. The minimum Gasteiger partial charge on any atom is -0.352 e. The van der Waals surface area contributed by atoms with Crippen LogP contribution in [0.5, 0.6) is 0 Å². The zero-order valence-corrected chi connectivity index (χ0v) is 18.1. The van der Waals surface area contributed by atoms with Gasteiger partial charge in [-0.2, -0.15) is 4.31 Å². The van der Waals surface area contributed by atoms with Gasteiger partial charge < -0.3 is 5.32 Å². The molecule has 1 aliphatic rings. The maximum absolute atomic E-state index is 12.9. The Morgan fingerprint density at radius 2 is 1.97 bits per heavy atom. The zero-order valence-electron chi connectivity index (χ0n) is 17.3. The molecule has 9 nitrogen and oxygen atoms in total. The molecule has 3 aromatic rings. The first-order valence-electron chi connectivity index (χ1n) is 10.5. The molecule has 2 aromatic heterocycles. The minimum absolute atomic E-state index is 0.0387. The summed E-state index contributed by atoms with van der Waals surface area (Å²) in [5.41, 5.74) is 2.25. The maximum atomic E-state index is 12.9. The lowest BCUT2D eigenvalue weighted by molar-refractivity contribution is -0.121. The largest absolute Gasteiger partial charge is 0.352 e. The van der Waals surface area contributed by atoms with E-state index >= 15 is 0 Å². The highest BCUT2D eigenvalue weighted by Gasteiger charge is 2.26. The van der Waals surface area contributed by atoms with E-state index in [9.17, 15) is 13.2 Å². The molecule has 1 aliphatic heterocycles. The summed E-state index contributed by atoms with van der Waals surface area (Å²) < 4.78 is 29.0. The Bertz CT molecular complexity index is 1140. The molecule has 0 unspecified atom stereocenters. The highest BCUT2D eigenvalue weighted by molar-refractivity contribution is 7.89. The van der Waals surface area contributed by atoms with Crippen LogP contribution in [-0.2, 0) is 27.9 Å². The molecule has 1 N–H and O–H groups in total. The minimum atomic E-state index is -3.50. The number of hydrogen-bond donors (Lipinski definition) is 1. The van der Waals surface area contributed by atoms with Crippen molar-refractivity contribution in [2.45, 2.75) is 50.1 Å². The Hall–Kier alpha value is -2.85. The van der Waals surface area contributed by atoms with Crippen LogP contribution in [0.3, 0.4) is 0 Å². The molecule has 0 atom stereocenters. The van der Waals surface area contributed by atoms with Gasteiger partial charge in [0.05, 0.1) is 10.4 Å². The van der Waals surface area contributed by atoms with Crippen LogP contribution in [0.2, 0.25) is 0 Å². The number of fused-ring (bicyclic) bond motifs is 1. The summed E-state index contributed by atoms with van der Waals surface area (Å²) in [7, 11) is -3.50. The number of carbonyl (C=O) groups is 1. The van der Waals surface area contributed by atoms with E-state index in [4.69, 9.17) is 0 Å². The first-order chi connectivity index (χ1) is 15.0. The number of amides is 1. The lowest BCUT2D eigenvalue weighted by atomic mass is 10.2. The third-order valence-electron chi connectivity index (χ3n) is 5.42. The van der Waals surface area contributed by atoms with Crippen molar-refractivity contribution in [3.63, 3.8) is 0 Å². The van der Waals surface area contributed by atoms with Crippen LogP contribution in [-0.4, -0.2) is 51.7 Å². The van der Waals surface area contributed by atoms with Crippen molar-refractivity contribution in [1.82, 2.24) is 29.6 Å². The first-order valence-corrected chi connectivity index (χ1v) is 12.0. The topological polar surface area (TPSA) is 110 Å². The highest BCUT2D eigenvalue weighted by atomic mass is 32.2. The summed E-state index contributed by atoms with van der Waals surface area (Å²) in [6.45, 7) is 2.11. The van der Waals surface area contributed by atoms with E-state index in [2.05, 4.69) is 20.6 Å². The number of hydrogen-bond acceptors (Lipinski definition) is 6. The van der Waals surface area contributed by atoms with E-state index in [1.165, 1.54) is 0 Å². The fourth-order valence-corrected chi connectivity index (χ4v) is 5.25. The molecule has 0 bridgehead atoms. The van der Waals surface area contributed by atoms with E-state index in [1.54, 1.807) is 39.6 Å². The van der Waals surface area contributed by atoms with Crippen LogP contribution < -0.4 is 5.32 Å². The Labute approximate surface area is 181 Å². The summed E-state index contributed by atoms with van der Waals surface area (Å²) in [6.07, 6.45) is 7.25. The first kappa shape index (κ1) is 21.4. The Balaban J connectivity index is 1.34. The standard InChI is InChI=1S/C21H26N6O3S/c28-21(23-16-17-6-4-10-22-15-17)7-5-13-27-20-9-8-18(14-19(20)24-25-27)31(29,30)26-11-2-1-3-12-26/h4,6,8-10,14-15H,1-3,5,7,11-13,16H2,(H,23,28). The average Bonchev–Trinajstić information content (AvgIpc) is 3.21. The Morgan fingerprint density at radius 1 is 1.13 bits per heavy atom. The number of carbonyl (C=O) groups excluding carboxylic acids is 1. The van der Waals surface area contributed by atoms with Crippen molar-refractivity contribution in [2.24, 2.45) is 0 Å². The normalized spacial score (nSPS) is 15.2. The summed E-state index contributed by atoms with van der Waals surface area (Å²) in [4.78, 5) is 16.3. The van der Waals surface area contributed by atoms with Gasteiger partial charge in [0, 0.05) is 45.0 Å². The van der Waals surface area contributed by atoms with Crippen LogP contribution in [0, 0.1) is 0 Å². The summed E-state index contributed by atoms with van der Waals surface area (Å²) in [5.74, 6) is -0.0387. The SMILES string of the molecule is O=C(CCCn1nnc2cc(S(=O)(=O)N3CCCCC3)ccc21)NCc1cccnc1. The van der Waals surface area contributed by atoms with Crippen molar-refractivity contribution < 1.29 is 13.2 Å². The van der Waals surface area contributed by atoms with Crippen LogP contribution >= 0.6 is 0 Å². The molecule has 1 saturated heterocycles. The van der Waals surface area contributed by atoms with Crippen molar-refractivity contribution in [2.75, 3.05) is 13.1 Å². The lowest BCUT2D eigenvalue weighted by Gasteiger charge is -2.25. The summed E-state index contributed by atoms with van der Waals surface area (Å²) in [6, 6.07) is 8.69. The van der Waals surface area contributed by atoms with Gasteiger partial charge in [-0.1, -0.05) is 17.7 Å². The monoisotopic (exact) mass is 442 g/mol. The van der Waals surface area contributed by atoms with Gasteiger partial charge in [-0.3, -0.25) is 9.78 Å². The number of rotatable bonds is 8. The predicted molar refractivity (Wildman–Crippen MR) is 115 cm³/mol. The summed E-state index contributed by atoms with van der Waals surface area (Å²) >= 11 is 0. The second-order valence-electron chi connectivity index (χ2n) is 7.67. The van der Waals surface area contributed by atoms with Gasteiger partial charge in [0.25, 0.3) is 0 Å². The van der Waals surface area contributed by atoms with Crippen molar-refractivity contribution >= 4 is 27.0 Å². The third kappa shape index (κ3) is 5.08. The molecule has 0 radical (unpaired) electrons. The molecule has 0 saturated carbocycles. The fourth-order valence-electron chi connectivity index (χ4n) is 3.71. The van der Waals surface area contributed by atoms with Gasteiger partial charge in [-0.15, -0.1) is 5.10 Å². The Kier molecular flexibility index (Phi) is 6.57. The number of nitrogens with zero attached hydrogens (tertiary/aromatic N) is 5. The second kappa shape index (κ2) is 9.52. The number of aryl methyl sites for hydroxylation is 1. The van der Waals surface area contributed by atoms with Crippen LogP contribution in [0.15, 0.2) is 47.6 Å². The van der Waals surface area contributed by atoms with Crippen LogP contribution in [0.4, 0.5) is 0 Å². The molecule has 1 fully saturated rings. The second-order valence-corrected chi connectivity index (χ2v) is 9.61. The van der Waals surface area contributed by atoms with Crippen molar-refractivity contribution in [3.8, 4) is 0 Å². The summed E-state index contributed by atoms with van der Waals surface area (Å²) in [5, 5.41) is 11.1. The number of benzene rings is 1. The lowest BCUT2D eigenvalue weighted by Crippen LogP contribution is -2.35. The smallest absolute Gasteiger partial charge is 0.243 e. The predicted octanol–water partition coefficient (Wildman–Crippen LogP) is 2.10. The van der Waals surface area contributed by atoms with Gasteiger partial charge in [0.15, 0.2) is 0 Å². The molecule has 3 heterocycles. The van der Waals surface area contributed by atoms with Gasteiger partial charge in [0.1, 0.15) is 5.52 Å². The van der Waals surface area contributed by atoms with Gasteiger partial charge in [-0.25, -0.2) is 13.1 Å².